The lowest BCUT2D eigenvalue weighted by atomic mass is 9.90. The van der Waals surface area contributed by atoms with Gasteiger partial charge in [0, 0.05) is 29.7 Å². The van der Waals surface area contributed by atoms with Gasteiger partial charge in [0.25, 0.3) is 5.91 Å². The van der Waals surface area contributed by atoms with Gasteiger partial charge in [0.1, 0.15) is 6.04 Å². The highest BCUT2D eigenvalue weighted by Crippen LogP contribution is 2.27. The van der Waals surface area contributed by atoms with Gasteiger partial charge in [-0.05, 0) is 44.7 Å². The number of alkyl halides is 5. The molecule has 2 aromatic rings. The second kappa shape index (κ2) is 9.29. The van der Waals surface area contributed by atoms with Crippen LogP contribution in [0.5, 0.6) is 5.75 Å². The molecule has 1 aromatic heterocycles. The summed E-state index contributed by atoms with van der Waals surface area (Å²) in [5.74, 6) is -2.11. The molecule has 0 spiro atoms. The number of aromatic nitrogens is 1. The minimum atomic E-state index is -4.31. The van der Waals surface area contributed by atoms with Gasteiger partial charge in [0.05, 0.1) is 11.1 Å². The number of amides is 1. The normalized spacial score (nSPS) is 20.6. The molecule has 0 saturated heterocycles. The van der Waals surface area contributed by atoms with Gasteiger partial charge in [0.15, 0.2) is 11.6 Å². The largest absolute Gasteiger partial charge is 0.432 e. The zero-order valence-corrected chi connectivity index (χ0v) is 16.5. The molecule has 1 amide bonds. The van der Waals surface area contributed by atoms with Crippen molar-refractivity contribution >= 4 is 16.8 Å². The smallest absolute Gasteiger partial charge is 0.403 e. The molecule has 11 heteroatoms. The fourth-order valence-electron chi connectivity index (χ4n) is 3.56. The molecule has 1 aliphatic rings. The van der Waals surface area contributed by atoms with Crippen LogP contribution in [0.4, 0.5) is 26.3 Å². The highest BCUT2D eigenvalue weighted by atomic mass is 19.4. The van der Waals surface area contributed by atoms with Crippen LogP contribution in [0, 0.1) is 5.82 Å². The molecular formula is C20H21F6N3O2. The van der Waals surface area contributed by atoms with E-state index in [1.165, 1.54) is 12.3 Å². The molecule has 2 N–H and O–H groups in total. The maximum absolute atomic E-state index is 13.9. The molecule has 1 fully saturated rings. The quantitative estimate of drug-likeness (QED) is 0.635. The lowest BCUT2D eigenvalue weighted by Crippen LogP contribution is -2.48. The second-order valence-corrected chi connectivity index (χ2v) is 7.53. The number of pyridine rings is 1. The van der Waals surface area contributed by atoms with Gasteiger partial charge in [-0.3, -0.25) is 9.78 Å². The van der Waals surface area contributed by atoms with Crippen LogP contribution in [-0.4, -0.2) is 41.8 Å². The first-order valence-electron chi connectivity index (χ1n) is 9.70. The number of carbonyl (C=O) groups excluding carboxylic acids is 1. The van der Waals surface area contributed by atoms with Crippen LogP contribution in [-0.2, 0) is 0 Å². The van der Waals surface area contributed by atoms with E-state index in [0.29, 0.717) is 25.7 Å². The molecule has 3 rings (SSSR count). The predicted octanol–water partition coefficient (Wildman–Crippen LogP) is 4.56. The number of rotatable bonds is 6. The van der Waals surface area contributed by atoms with E-state index >= 15 is 0 Å². The number of carbonyl (C=O) groups is 1. The van der Waals surface area contributed by atoms with Crippen molar-refractivity contribution in [2.75, 3.05) is 0 Å². The van der Waals surface area contributed by atoms with Crippen LogP contribution in [0.3, 0.4) is 0 Å². The van der Waals surface area contributed by atoms with E-state index in [0.717, 1.165) is 19.1 Å². The van der Waals surface area contributed by atoms with E-state index < -0.39 is 36.3 Å². The van der Waals surface area contributed by atoms with E-state index in [4.69, 9.17) is 0 Å². The number of fused-ring (bicyclic) bond motifs is 1. The second-order valence-electron chi connectivity index (χ2n) is 7.53. The fourth-order valence-corrected chi connectivity index (χ4v) is 3.56. The van der Waals surface area contributed by atoms with Crippen molar-refractivity contribution in [2.24, 2.45) is 0 Å². The van der Waals surface area contributed by atoms with E-state index in [1.54, 1.807) is 0 Å². The van der Waals surface area contributed by atoms with Gasteiger partial charge in [-0.25, -0.2) is 4.39 Å². The zero-order chi connectivity index (χ0) is 22.8. The van der Waals surface area contributed by atoms with Crippen LogP contribution >= 0.6 is 0 Å². The van der Waals surface area contributed by atoms with Crippen LogP contribution in [0.25, 0.3) is 10.9 Å². The van der Waals surface area contributed by atoms with Crippen LogP contribution in [0.15, 0.2) is 24.4 Å². The summed E-state index contributed by atoms with van der Waals surface area (Å²) in [6, 6.07) is 1.27. The van der Waals surface area contributed by atoms with E-state index in [2.05, 4.69) is 20.4 Å². The Balaban J connectivity index is 1.59. The Labute approximate surface area is 174 Å². The van der Waals surface area contributed by atoms with Gasteiger partial charge >= 0.3 is 12.8 Å². The Morgan fingerprint density at radius 3 is 2.39 bits per heavy atom. The minimum absolute atomic E-state index is 0.153. The lowest BCUT2D eigenvalue weighted by molar-refractivity contribution is -0.153. The third-order valence-electron chi connectivity index (χ3n) is 5.25. The molecule has 5 nitrogen and oxygen atoms in total. The lowest BCUT2D eigenvalue weighted by Gasteiger charge is -2.32. The minimum Gasteiger partial charge on any atom is -0.432 e. The summed E-state index contributed by atoms with van der Waals surface area (Å²) in [5.41, 5.74) is 0.333. The third-order valence-corrected chi connectivity index (χ3v) is 5.25. The van der Waals surface area contributed by atoms with Gasteiger partial charge in [-0.15, -0.1) is 0 Å². The van der Waals surface area contributed by atoms with Crippen molar-refractivity contribution in [1.29, 1.82) is 0 Å². The van der Waals surface area contributed by atoms with Crippen molar-refractivity contribution in [1.82, 2.24) is 15.6 Å². The molecule has 1 saturated carbocycles. The zero-order valence-electron chi connectivity index (χ0n) is 16.5. The fraction of sp³-hybridized carbons (Fsp3) is 0.500. The molecule has 31 heavy (non-hydrogen) atoms. The average molecular weight is 449 g/mol. The van der Waals surface area contributed by atoms with E-state index in [9.17, 15) is 31.1 Å². The molecule has 1 heterocycles. The van der Waals surface area contributed by atoms with Gasteiger partial charge < -0.3 is 15.4 Å². The Bertz CT molecular complexity index is 929. The number of ether oxygens (including phenoxy) is 1. The molecule has 1 aromatic carbocycles. The maximum atomic E-state index is 13.9. The number of hydrogen-bond acceptors (Lipinski definition) is 4. The van der Waals surface area contributed by atoms with Crippen molar-refractivity contribution in [3.8, 4) is 5.75 Å². The summed E-state index contributed by atoms with van der Waals surface area (Å²) in [6.07, 6.45) is -1.07. The average Bonchev–Trinajstić information content (AvgIpc) is 2.68. The molecule has 1 atom stereocenters. The summed E-state index contributed by atoms with van der Waals surface area (Å²) in [4.78, 5) is 16.5. The third kappa shape index (κ3) is 5.99. The Kier molecular flexibility index (Phi) is 6.93. The summed E-state index contributed by atoms with van der Waals surface area (Å²) < 4.78 is 80.6. The van der Waals surface area contributed by atoms with E-state index in [1.807, 2.05) is 0 Å². The standard InChI is InChI=1S/C20H21F6N3O2/c1-10(20(24,25)26)28-13-2-4-14(5-3-13)29-18(30)12-6-11-7-15(21)17(31-19(22)23)8-16(11)27-9-12/h6-10,13-14,19,28H,2-5H2,1H3,(H,29,30)/t10-,13-,14-/m0/s1. The maximum Gasteiger partial charge on any atom is 0.403 e. The first kappa shape index (κ1) is 23.1. The van der Waals surface area contributed by atoms with Crippen molar-refractivity contribution in [3.63, 3.8) is 0 Å². The number of hydrogen-bond donors (Lipinski definition) is 2. The molecular weight excluding hydrogens is 428 g/mol. The first-order chi connectivity index (χ1) is 14.5. The van der Waals surface area contributed by atoms with Gasteiger partial charge in [0.2, 0.25) is 0 Å². The van der Waals surface area contributed by atoms with E-state index in [-0.39, 0.29) is 28.6 Å². The highest BCUT2D eigenvalue weighted by molar-refractivity contribution is 5.97. The summed E-state index contributed by atoms with van der Waals surface area (Å²) >= 11 is 0. The van der Waals surface area contributed by atoms with Crippen LogP contribution in [0.1, 0.15) is 43.0 Å². The topological polar surface area (TPSA) is 63.2 Å². The van der Waals surface area contributed by atoms with Gasteiger partial charge in [-0.2, -0.15) is 22.0 Å². The summed E-state index contributed by atoms with van der Waals surface area (Å²) in [5, 5.41) is 5.61. The molecule has 0 radical (unpaired) electrons. The number of nitrogens with one attached hydrogen (secondary N) is 2. The Hall–Kier alpha value is -2.56. The number of benzene rings is 1. The van der Waals surface area contributed by atoms with Crippen molar-refractivity contribution in [2.45, 2.75) is 63.5 Å². The molecule has 170 valence electrons. The monoisotopic (exact) mass is 449 g/mol. The summed E-state index contributed by atoms with van der Waals surface area (Å²) in [6.45, 7) is -2.11. The molecule has 0 aliphatic heterocycles. The molecule has 1 aliphatic carbocycles. The molecule has 0 bridgehead atoms. The van der Waals surface area contributed by atoms with Gasteiger partial charge in [-0.1, -0.05) is 0 Å². The Morgan fingerprint density at radius 1 is 1.13 bits per heavy atom. The summed E-state index contributed by atoms with van der Waals surface area (Å²) in [7, 11) is 0. The van der Waals surface area contributed by atoms with Crippen molar-refractivity contribution in [3.05, 3.63) is 35.8 Å². The predicted molar refractivity (Wildman–Crippen MR) is 100 cm³/mol. The SMILES string of the molecule is C[C@H](N[C@H]1CC[C@H](NC(=O)c2cnc3cc(OC(F)F)c(F)cc3c2)CC1)C(F)(F)F. The van der Waals surface area contributed by atoms with Crippen LogP contribution < -0.4 is 15.4 Å². The van der Waals surface area contributed by atoms with Crippen molar-refractivity contribution < 1.29 is 35.9 Å². The highest BCUT2D eigenvalue weighted by Gasteiger charge is 2.37. The number of nitrogens with zero attached hydrogens (tertiary/aromatic N) is 1. The van der Waals surface area contributed by atoms with Crippen LogP contribution in [0.2, 0.25) is 0 Å². The Morgan fingerprint density at radius 2 is 1.77 bits per heavy atom. The first-order valence-corrected chi connectivity index (χ1v) is 9.70. The number of halogens is 6. The molecule has 0 unspecified atom stereocenters.